The van der Waals surface area contributed by atoms with E-state index in [9.17, 15) is 9.59 Å². The highest BCUT2D eigenvalue weighted by atomic mass is 35.5. The van der Waals surface area contributed by atoms with E-state index in [4.69, 9.17) is 28.9 Å². The molecule has 2 rings (SSSR count). The minimum atomic E-state index is -0.871. The van der Waals surface area contributed by atoms with Gasteiger partial charge in [-0.25, -0.2) is 0 Å². The second-order valence-electron chi connectivity index (χ2n) is 4.62. The van der Waals surface area contributed by atoms with E-state index in [0.29, 0.717) is 16.4 Å². The fourth-order valence-electron chi connectivity index (χ4n) is 1.75. The lowest BCUT2D eigenvalue weighted by atomic mass is 10.2. The van der Waals surface area contributed by atoms with Gasteiger partial charge in [-0.05, 0) is 42.8 Å². The number of rotatable bonds is 2. The average molecular weight is 338 g/mol. The normalized spacial score (nSPS) is 10.1. The van der Waals surface area contributed by atoms with E-state index >= 15 is 0 Å². The molecule has 5 nitrogen and oxygen atoms in total. The molecule has 2 aromatic rings. The first-order chi connectivity index (χ1) is 10.4. The van der Waals surface area contributed by atoms with E-state index in [1.54, 1.807) is 24.3 Å². The maximum absolute atomic E-state index is 11.9. The minimum Gasteiger partial charge on any atom is -0.397 e. The molecule has 0 saturated carbocycles. The predicted octanol–water partition coefficient (Wildman–Crippen LogP) is 3.46. The fraction of sp³-hybridized carbons (Fsp3) is 0.0667. The molecule has 0 aliphatic rings. The third kappa shape index (κ3) is 3.90. The molecule has 114 valence electrons. The van der Waals surface area contributed by atoms with Crippen LogP contribution in [-0.4, -0.2) is 11.8 Å². The Morgan fingerprint density at radius 1 is 0.955 bits per heavy atom. The van der Waals surface area contributed by atoms with E-state index < -0.39 is 11.8 Å². The lowest BCUT2D eigenvalue weighted by molar-refractivity contribution is -0.132. The van der Waals surface area contributed by atoms with Crippen LogP contribution in [0, 0.1) is 6.92 Å². The predicted molar refractivity (Wildman–Crippen MR) is 89.3 cm³/mol. The van der Waals surface area contributed by atoms with Gasteiger partial charge in [-0.15, -0.1) is 0 Å². The number of nitrogens with one attached hydrogen (secondary N) is 2. The van der Waals surface area contributed by atoms with Crippen molar-refractivity contribution in [2.24, 2.45) is 0 Å². The van der Waals surface area contributed by atoms with Crippen molar-refractivity contribution >= 4 is 52.1 Å². The Balaban J connectivity index is 2.09. The number of carbonyl (C=O) groups is 2. The molecule has 4 N–H and O–H groups in total. The molecule has 0 saturated heterocycles. The number of nitrogens with two attached hydrogens (primary N) is 1. The van der Waals surface area contributed by atoms with E-state index in [2.05, 4.69) is 10.6 Å². The summed E-state index contributed by atoms with van der Waals surface area (Å²) in [7, 11) is 0. The van der Waals surface area contributed by atoms with Crippen LogP contribution in [0.15, 0.2) is 36.4 Å². The Labute approximate surface area is 137 Å². The van der Waals surface area contributed by atoms with Gasteiger partial charge < -0.3 is 16.4 Å². The molecule has 0 heterocycles. The van der Waals surface area contributed by atoms with Crippen molar-refractivity contribution in [3.8, 4) is 0 Å². The second-order valence-corrected chi connectivity index (χ2v) is 5.47. The molecule has 0 spiro atoms. The molecule has 0 unspecified atom stereocenters. The van der Waals surface area contributed by atoms with Gasteiger partial charge >= 0.3 is 11.8 Å². The number of amides is 2. The Morgan fingerprint density at radius 3 is 2.23 bits per heavy atom. The van der Waals surface area contributed by atoms with Crippen LogP contribution in [0.3, 0.4) is 0 Å². The van der Waals surface area contributed by atoms with Gasteiger partial charge in [0.1, 0.15) is 0 Å². The number of hydrogen-bond acceptors (Lipinski definition) is 3. The van der Waals surface area contributed by atoms with Crippen molar-refractivity contribution in [2.45, 2.75) is 6.92 Å². The maximum Gasteiger partial charge on any atom is 0.314 e. The van der Waals surface area contributed by atoms with E-state index in [0.717, 1.165) is 5.56 Å². The van der Waals surface area contributed by atoms with Crippen molar-refractivity contribution in [3.63, 3.8) is 0 Å². The van der Waals surface area contributed by atoms with Crippen LogP contribution >= 0.6 is 23.2 Å². The largest absolute Gasteiger partial charge is 0.397 e. The molecule has 2 amide bonds. The summed E-state index contributed by atoms with van der Waals surface area (Å²) in [5.74, 6) is -1.73. The molecule has 0 radical (unpaired) electrons. The van der Waals surface area contributed by atoms with Crippen LogP contribution in [-0.2, 0) is 9.59 Å². The molecule has 0 fully saturated rings. The zero-order valence-electron chi connectivity index (χ0n) is 11.6. The van der Waals surface area contributed by atoms with Crippen molar-refractivity contribution in [3.05, 3.63) is 52.0 Å². The minimum absolute atomic E-state index is 0.256. The highest BCUT2D eigenvalue weighted by Gasteiger charge is 2.16. The fourth-order valence-corrected chi connectivity index (χ4v) is 2.08. The van der Waals surface area contributed by atoms with Crippen molar-refractivity contribution in [1.29, 1.82) is 0 Å². The van der Waals surface area contributed by atoms with Crippen molar-refractivity contribution in [2.75, 3.05) is 16.4 Å². The number of hydrogen-bond donors (Lipinski definition) is 3. The van der Waals surface area contributed by atoms with Crippen molar-refractivity contribution in [1.82, 2.24) is 0 Å². The topological polar surface area (TPSA) is 84.2 Å². The summed E-state index contributed by atoms with van der Waals surface area (Å²) in [5, 5.41) is 5.50. The summed E-state index contributed by atoms with van der Waals surface area (Å²) in [5.41, 5.74) is 7.73. The zero-order valence-corrected chi connectivity index (χ0v) is 13.1. The molecule has 0 aliphatic heterocycles. The van der Waals surface area contributed by atoms with Crippen LogP contribution in [0.1, 0.15) is 5.56 Å². The second kappa shape index (κ2) is 6.68. The number of halogens is 2. The summed E-state index contributed by atoms with van der Waals surface area (Å²) < 4.78 is 0. The summed E-state index contributed by atoms with van der Waals surface area (Å²) in [6.07, 6.45) is 0. The number of carbonyl (C=O) groups excluding carboxylic acids is 2. The molecular formula is C15H13Cl2N3O2. The van der Waals surface area contributed by atoms with Gasteiger partial charge in [0.15, 0.2) is 0 Å². The number of anilines is 3. The molecule has 0 atom stereocenters. The van der Waals surface area contributed by atoms with Gasteiger partial charge in [-0.1, -0.05) is 29.3 Å². The highest BCUT2D eigenvalue weighted by molar-refractivity contribution is 6.45. The van der Waals surface area contributed by atoms with Crippen molar-refractivity contribution < 1.29 is 9.59 Å². The third-order valence-corrected chi connectivity index (χ3v) is 3.40. The summed E-state index contributed by atoms with van der Waals surface area (Å²) in [4.78, 5) is 23.8. The van der Waals surface area contributed by atoms with Gasteiger partial charge in [0, 0.05) is 5.02 Å². The van der Waals surface area contributed by atoms with E-state index in [-0.39, 0.29) is 10.7 Å². The van der Waals surface area contributed by atoms with E-state index in [1.807, 2.05) is 6.92 Å². The molecule has 0 bridgehead atoms. The van der Waals surface area contributed by atoms with Crippen LogP contribution in [0.4, 0.5) is 17.1 Å². The average Bonchev–Trinajstić information content (AvgIpc) is 2.45. The summed E-state index contributed by atoms with van der Waals surface area (Å²) in [6, 6.07) is 9.65. The SMILES string of the molecule is Cc1ccc(NC(=O)C(=O)Nc2cc(Cl)ccc2Cl)c(N)c1. The first kappa shape index (κ1) is 16.1. The van der Waals surface area contributed by atoms with Gasteiger partial charge in [0.05, 0.1) is 22.1 Å². The van der Waals surface area contributed by atoms with Gasteiger partial charge in [-0.2, -0.15) is 0 Å². The zero-order chi connectivity index (χ0) is 16.3. The molecule has 0 aromatic heterocycles. The first-order valence-electron chi connectivity index (χ1n) is 6.30. The lowest BCUT2D eigenvalue weighted by Crippen LogP contribution is -2.29. The molecule has 22 heavy (non-hydrogen) atoms. The Morgan fingerprint density at radius 2 is 1.59 bits per heavy atom. The highest BCUT2D eigenvalue weighted by Crippen LogP contribution is 2.25. The van der Waals surface area contributed by atoms with Gasteiger partial charge in [0.2, 0.25) is 0 Å². The smallest absolute Gasteiger partial charge is 0.314 e. The Kier molecular flexibility index (Phi) is 4.90. The van der Waals surface area contributed by atoms with Gasteiger partial charge in [0.25, 0.3) is 0 Å². The molecule has 0 aliphatic carbocycles. The van der Waals surface area contributed by atoms with Crippen LogP contribution in [0.5, 0.6) is 0 Å². The Hall–Kier alpha value is -2.24. The number of benzene rings is 2. The van der Waals surface area contributed by atoms with Crippen LogP contribution in [0.2, 0.25) is 10.0 Å². The van der Waals surface area contributed by atoms with E-state index in [1.165, 1.54) is 12.1 Å². The lowest BCUT2D eigenvalue weighted by Gasteiger charge is -2.10. The summed E-state index contributed by atoms with van der Waals surface area (Å²) in [6.45, 7) is 1.87. The summed E-state index contributed by atoms with van der Waals surface area (Å²) >= 11 is 11.7. The quantitative estimate of drug-likeness (QED) is 0.579. The first-order valence-corrected chi connectivity index (χ1v) is 7.06. The maximum atomic E-state index is 11.9. The Bertz CT molecular complexity index is 748. The molecule has 7 heteroatoms. The standard InChI is InChI=1S/C15H13Cl2N3O2/c1-8-2-5-12(11(18)6-8)19-14(21)15(22)20-13-7-9(16)3-4-10(13)17/h2-7H,18H2,1H3,(H,19,21)(H,20,22). The number of aryl methyl sites for hydroxylation is 1. The van der Waals surface area contributed by atoms with Gasteiger partial charge in [-0.3, -0.25) is 9.59 Å². The monoisotopic (exact) mass is 337 g/mol. The van der Waals surface area contributed by atoms with Crippen LogP contribution < -0.4 is 16.4 Å². The number of nitrogen functional groups attached to an aromatic ring is 1. The third-order valence-electron chi connectivity index (χ3n) is 2.84. The molecule has 2 aromatic carbocycles. The van der Waals surface area contributed by atoms with Crippen LogP contribution in [0.25, 0.3) is 0 Å². The molecular weight excluding hydrogens is 325 g/mol.